The number of carbonyl (C=O) groups is 1. The summed E-state index contributed by atoms with van der Waals surface area (Å²) in [7, 11) is 0. The molecule has 0 aromatic carbocycles. The number of thiophene rings is 1. The van der Waals surface area contributed by atoms with E-state index in [0.717, 1.165) is 29.7 Å². The first-order chi connectivity index (χ1) is 8.97. The molecular formula is C12H17N3O3S. The van der Waals surface area contributed by atoms with Gasteiger partial charge in [0, 0.05) is 30.6 Å². The van der Waals surface area contributed by atoms with Crippen molar-refractivity contribution in [2.24, 2.45) is 11.7 Å². The monoisotopic (exact) mass is 283 g/mol. The predicted molar refractivity (Wildman–Crippen MR) is 72.8 cm³/mol. The van der Waals surface area contributed by atoms with Crippen molar-refractivity contribution >= 4 is 22.2 Å². The normalized spacial score (nSPS) is 24.3. The summed E-state index contributed by atoms with van der Waals surface area (Å²) in [5.74, 6) is -0.363. The van der Waals surface area contributed by atoms with Crippen LogP contribution in [0.4, 0.5) is 5.00 Å². The minimum absolute atomic E-state index is 0.107. The maximum Gasteiger partial charge on any atom is 0.324 e. The molecule has 1 aromatic rings. The van der Waals surface area contributed by atoms with Crippen LogP contribution < -0.4 is 5.73 Å². The lowest BCUT2D eigenvalue weighted by Crippen LogP contribution is -2.45. The van der Waals surface area contributed by atoms with E-state index in [0.29, 0.717) is 19.1 Å². The first-order valence-electron chi connectivity index (χ1n) is 6.22. The molecule has 19 heavy (non-hydrogen) atoms. The van der Waals surface area contributed by atoms with E-state index in [1.54, 1.807) is 11.4 Å². The SMILES string of the molecule is CC1CCC(C(N)=O)CN1Cc1csc([N+](=O)[O-])c1. The Morgan fingerprint density at radius 1 is 1.63 bits per heavy atom. The molecule has 1 aliphatic heterocycles. The lowest BCUT2D eigenvalue weighted by molar-refractivity contribution is -0.380. The number of nitrogens with zero attached hydrogens (tertiary/aromatic N) is 2. The molecule has 1 aliphatic rings. The van der Waals surface area contributed by atoms with E-state index in [-0.39, 0.29) is 21.7 Å². The molecule has 0 saturated carbocycles. The second kappa shape index (κ2) is 5.66. The summed E-state index contributed by atoms with van der Waals surface area (Å²) in [4.78, 5) is 23.7. The van der Waals surface area contributed by atoms with Gasteiger partial charge >= 0.3 is 5.00 Å². The number of hydrogen-bond acceptors (Lipinski definition) is 5. The highest BCUT2D eigenvalue weighted by atomic mass is 32.1. The Morgan fingerprint density at radius 3 is 2.95 bits per heavy atom. The molecular weight excluding hydrogens is 266 g/mol. The zero-order valence-corrected chi connectivity index (χ0v) is 11.6. The van der Waals surface area contributed by atoms with Crippen molar-refractivity contribution in [3.8, 4) is 0 Å². The molecule has 2 atom stereocenters. The Balaban J connectivity index is 2.03. The molecule has 7 heteroatoms. The zero-order valence-electron chi connectivity index (χ0n) is 10.7. The Hall–Kier alpha value is -1.47. The Bertz CT molecular complexity index is 488. The van der Waals surface area contributed by atoms with Crippen molar-refractivity contribution < 1.29 is 9.72 Å². The Kier molecular flexibility index (Phi) is 4.16. The third-order valence-corrected chi connectivity index (χ3v) is 4.55. The summed E-state index contributed by atoms with van der Waals surface area (Å²) < 4.78 is 0. The average molecular weight is 283 g/mol. The van der Waals surface area contributed by atoms with Gasteiger partial charge in [-0.2, -0.15) is 0 Å². The molecule has 2 unspecified atom stereocenters. The molecule has 6 nitrogen and oxygen atoms in total. The van der Waals surface area contributed by atoms with Crippen LogP contribution >= 0.6 is 11.3 Å². The molecule has 2 N–H and O–H groups in total. The van der Waals surface area contributed by atoms with E-state index in [4.69, 9.17) is 5.73 Å². The van der Waals surface area contributed by atoms with Gasteiger partial charge in [-0.25, -0.2) is 0 Å². The first kappa shape index (κ1) is 14.0. The minimum Gasteiger partial charge on any atom is -0.369 e. The second-order valence-corrected chi connectivity index (χ2v) is 5.90. The van der Waals surface area contributed by atoms with Crippen LogP contribution in [0.2, 0.25) is 0 Å². The van der Waals surface area contributed by atoms with Gasteiger partial charge in [0.1, 0.15) is 0 Å². The highest BCUT2D eigenvalue weighted by molar-refractivity contribution is 7.13. The van der Waals surface area contributed by atoms with Crippen molar-refractivity contribution in [1.29, 1.82) is 0 Å². The molecule has 2 rings (SSSR count). The number of likely N-dealkylation sites (tertiary alicyclic amines) is 1. The number of nitrogens with two attached hydrogens (primary N) is 1. The quantitative estimate of drug-likeness (QED) is 0.673. The number of primary amides is 1. The molecule has 1 aromatic heterocycles. The van der Waals surface area contributed by atoms with E-state index < -0.39 is 0 Å². The van der Waals surface area contributed by atoms with Gasteiger partial charge in [-0.3, -0.25) is 19.8 Å². The third kappa shape index (κ3) is 3.30. The second-order valence-electron chi connectivity index (χ2n) is 5.01. The number of piperidine rings is 1. The van der Waals surface area contributed by atoms with Crippen LogP contribution in [-0.4, -0.2) is 28.3 Å². The molecule has 1 amide bonds. The fourth-order valence-corrected chi connectivity index (χ4v) is 3.13. The summed E-state index contributed by atoms with van der Waals surface area (Å²) in [6.45, 7) is 3.38. The molecule has 1 saturated heterocycles. The number of carbonyl (C=O) groups excluding carboxylic acids is 1. The maximum absolute atomic E-state index is 11.3. The number of nitro groups is 1. The van der Waals surface area contributed by atoms with Gasteiger partial charge in [0.25, 0.3) is 0 Å². The molecule has 0 aliphatic carbocycles. The Morgan fingerprint density at radius 2 is 2.37 bits per heavy atom. The predicted octanol–water partition coefficient (Wildman–Crippen LogP) is 1.74. The van der Waals surface area contributed by atoms with Crippen LogP contribution in [0.25, 0.3) is 0 Å². The maximum atomic E-state index is 11.3. The van der Waals surface area contributed by atoms with Gasteiger partial charge in [0.2, 0.25) is 5.91 Å². The minimum atomic E-state index is -0.375. The highest BCUT2D eigenvalue weighted by Gasteiger charge is 2.28. The van der Waals surface area contributed by atoms with E-state index in [9.17, 15) is 14.9 Å². The fraction of sp³-hybridized carbons (Fsp3) is 0.583. The van der Waals surface area contributed by atoms with Gasteiger partial charge < -0.3 is 5.73 Å². The standard InChI is InChI=1S/C12H17N3O3S/c1-8-2-3-10(12(13)16)6-14(8)5-9-4-11(15(17)18)19-7-9/h4,7-8,10H,2-3,5-6H2,1H3,(H2,13,16). The Labute approximate surface area is 115 Å². The van der Waals surface area contributed by atoms with E-state index in [2.05, 4.69) is 11.8 Å². The van der Waals surface area contributed by atoms with Crippen LogP contribution in [0.15, 0.2) is 11.4 Å². The molecule has 0 spiro atoms. The van der Waals surface area contributed by atoms with Gasteiger partial charge in [-0.1, -0.05) is 11.3 Å². The topological polar surface area (TPSA) is 89.5 Å². The third-order valence-electron chi connectivity index (χ3n) is 3.62. The summed E-state index contributed by atoms with van der Waals surface area (Å²) >= 11 is 1.14. The summed E-state index contributed by atoms with van der Waals surface area (Å²) in [5.41, 5.74) is 6.28. The van der Waals surface area contributed by atoms with Crippen LogP contribution in [-0.2, 0) is 11.3 Å². The van der Waals surface area contributed by atoms with E-state index in [1.807, 2.05) is 0 Å². The van der Waals surface area contributed by atoms with Gasteiger partial charge in [0.15, 0.2) is 0 Å². The van der Waals surface area contributed by atoms with Crippen LogP contribution in [0.5, 0.6) is 0 Å². The molecule has 0 radical (unpaired) electrons. The summed E-state index contributed by atoms with van der Waals surface area (Å²) in [6.07, 6.45) is 1.76. The van der Waals surface area contributed by atoms with Crippen molar-refractivity contribution in [1.82, 2.24) is 4.90 Å². The van der Waals surface area contributed by atoms with Crippen LogP contribution in [0.1, 0.15) is 25.3 Å². The molecule has 104 valence electrons. The van der Waals surface area contributed by atoms with Crippen LogP contribution in [0.3, 0.4) is 0 Å². The highest BCUT2D eigenvalue weighted by Crippen LogP contribution is 2.27. The zero-order chi connectivity index (χ0) is 14.0. The molecule has 2 heterocycles. The van der Waals surface area contributed by atoms with Gasteiger partial charge in [-0.15, -0.1) is 0 Å². The van der Waals surface area contributed by atoms with E-state index >= 15 is 0 Å². The average Bonchev–Trinajstić information content (AvgIpc) is 2.80. The van der Waals surface area contributed by atoms with Gasteiger partial charge in [0.05, 0.1) is 10.8 Å². The van der Waals surface area contributed by atoms with Crippen molar-refractivity contribution in [3.63, 3.8) is 0 Å². The number of hydrogen-bond donors (Lipinski definition) is 1. The summed E-state index contributed by atoms with van der Waals surface area (Å²) in [5, 5.41) is 12.6. The van der Waals surface area contributed by atoms with Crippen molar-refractivity contribution in [3.05, 3.63) is 27.1 Å². The van der Waals surface area contributed by atoms with Crippen molar-refractivity contribution in [2.75, 3.05) is 6.54 Å². The lowest BCUT2D eigenvalue weighted by Gasteiger charge is -2.36. The molecule has 1 fully saturated rings. The van der Waals surface area contributed by atoms with Crippen molar-refractivity contribution in [2.45, 2.75) is 32.4 Å². The summed E-state index contributed by atoms with van der Waals surface area (Å²) in [6, 6.07) is 1.97. The lowest BCUT2D eigenvalue weighted by atomic mass is 9.92. The molecule has 0 bridgehead atoms. The number of amides is 1. The number of rotatable bonds is 4. The van der Waals surface area contributed by atoms with Gasteiger partial charge in [-0.05, 0) is 25.3 Å². The first-order valence-corrected chi connectivity index (χ1v) is 7.10. The smallest absolute Gasteiger partial charge is 0.324 e. The van der Waals surface area contributed by atoms with E-state index in [1.165, 1.54) is 0 Å². The fourth-order valence-electron chi connectivity index (χ4n) is 2.41. The van der Waals surface area contributed by atoms with Crippen LogP contribution in [0, 0.1) is 16.0 Å². The largest absolute Gasteiger partial charge is 0.369 e.